The molecule has 1 aliphatic rings. The minimum absolute atomic E-state index is 0.0718. The summed E-state index contributed by atoms with van der Waals surface area (Å²) in [6.45, 7) is 0.181. The third kappa shape index (κ3) is 3.14. The molecule has 1 aromatic carbocycles. The van der Waals surface area contributed by atoms with Crippen molar-refractivity contribution in [1.29, 1.82) is 0 Å². The fourth-order valence-corrected chi connectivity index (χ4v) is 4.19. The molecule has 1 fully saturated rings. The summed E-state index contributed by atoms with van der Waals surface area (Å²) in [5, 5.41) is 12.9. The number of carbonyl (C=O) groups excluding carboxylic acids is 1. The Morgan fingerprint density at radius 3 is 2.65 bits per heavy atom. The summed E-state index contributed by atoms with van der Waals surface area (Å²) in [6, 6.07) is 10.1. The Morgan fingerprint density at radius 2 is 1.96 bits per heavy atom. The molecule has 1 amide bonds. The molecule has 5 nitrogen and oxygen atoms in total. The van der Waals surface area contributed by atoms with Gasteiger partial charge in [0.05, 0.1) is 16.8 Å². The number of aromatic nitrogens is 2. The lowest BCUT2D eigenvalue weighted by Crippen LogP contribution is -2.42. The van der Waals surface area contributed by atoms with Crippen LogP contribution in [-0.4, -0.2) is 16.1 Å². The van der Waals surface area contributed by atoms with Crippen LogP contribution in [0.1, 0.15) is 37.1 Å². The van der Waals surface area contributed by atoms with Gasteiger partial charge >= 0.3 is 0 Å². The Bertz CT molecular complexity index is 884. The second-order valence-corrected chi connectivity index (χ2v) is 7.40. The van der Waals surface area contributed by atoms with Crippen LogP contribution in [0.2, 0.25) is 0 Å². The number of halogens is 1. The van der Waals surface area contributed by atoms with Crippen molar-refractivity contribution in [3.8, 4) is 10.8 Å². The molecule has 2 heterocycles. The molecule has 0 saturated heterocycles. The van der Waals surface area contributed by atoms with Crippen molar-refractivity contribution >= 4 is 17.2 Å². The molecule has 26 heavy (non-hydrogen) atoms. The number of benzene rings is 1. The highest BCUT2D eigenvalue weighted by Gasteiger charge is 2.42. The van der Waals surface area contributed by atoms with Gasteiger partial charge in [0.25, 0.3) is 5.89 Å². The number of nitrogens with zero attached hydrogens (tertiary/aromatic N) is 2. The lowest BCUT2D eigenvalue weighted by molar-refractivity contribution is -0.126. The summed E-state index contributed by atoms with van der Waals surface area (Å²) in [5.74, 6) is 0.458. The normalized spacial score (nSPS) is 15.9. The topological polar surface area (TPSA) is 68.0 Å². The van der Waals surface area contributed by atoms with Gasteiger partial charge in [-0.1, -0.05) is 31.0 Å². The first-order valence-electron chi connectivity index (χ1n) is 8.58. The van der Waals surface area contributed by atoms with E-state index in [2.05, 4.69) is 15.5 Å². The van der Waals surface area contributed by atoms with Crippen molar-refractivity contribution in [3.05, 3.63) is 59.0 Å². The summed E-state index contributed by atoms with van der Waals surface area (Å²) in [7, 11) is 0. The highest BCUT2D eigenvalue weighted by molar-refractivity contribution is 7.13. The van der Waals surface area contributed by atoms with E-state index in [-0.39, 0.29) is 18.3 Å². The monoisotopic (exact) mass is 371 g/mol. The maximum Gasteiger partial charge on any atom is 0.257 e. The van der Waals surface area contributed by atoms with Crippen molar-refractivity contribution in [2.45, 2.75) is 37.6 Å². The molecule has 134 valence electrons. The molecule has 0 atom stereocenters. The lowest BCUT2D eigenvalue weighted by atomic mass is 9.78. The minimum Gasteiger partial charge on any atom is -0.418 e. The summed E-state index contributed by atoms with van der Waals surface area (Å²) in [4.78, 5) is 13.9. The first-order valence-corrected chi connectivity index (χ1v) is 9.46. The molecule has 1 aliphatic carbocycles. The standard InChI is InChI=1S/C19H18FN3O2S/c20-14-7-5-13(6-8-14)19(9-1-2-10-19)18(24)21-12-16-22-23-17(25-16)15-4-3-11-26-15/h3-8,11H,1-2,9-10,12H2,(H,21,24). The van der Waals surface area contributed by atoms with Gasteiger partial charge in [0.15, 0.2) is 0 Å². The van der Waals surface area contributed by atoms with Gasteiger partial charge in [0, 0.05) is 0 Å². The van der Waals surface area contributed by atoms with Gasteiger partial charge in [-0.2, -0.15) is 0 Å². The van der Waals surface area contributed by atoms with Crippen LogP contribution in [0.15, 0.2) is 46.2 Å². The molecule has 0 aliphatic heterocycles. The number of thiophene rings is 1. The maximum absolute atomic E-state index is 13.3. The van der Waals surface area contributed by atoms with Crippen LogP contribution >= 0.6 is 11.3 Å². The molecule has 1 saturated carbocycles. The van der Waals surface area contributed by atoms with E-state index in [1.807, 2.05) is 17.5 Å². The largest absolute Gasteiger partial charge is 0.418 e. The summed E-state index contributed by atoms with van der Waals surface area (Å²) in [5.41, 5.74) is 0.253. The summed E-state index contributed by atoms with van der Waals surface area (Å²) >= 11 is 1.52. The third-order valence-electron chi connectivity index (χ3n) is 4.89. The predicted octanol–water partition coefficient (Wildman–Crippen LogP) is 4.07. The van der Waals surface area contributed by atoms with Crippen LogP contribution in [0.4, 0.5) is 4.39 Å². The van der Waals surface area contributed by atoms with Crippen molar-refractivity contribution in [3.63, 3.8) is 0 Å². The average Bonchev–Trinajstić information content (AvgIpc) is 3.41. The highest BCUT2D eigenvalue weighted by atomic mass is 32.1. The molecule has 1 N–H and O–H groups in total. The van der Waals surface area contributed by atoms with Crippen LogP contribution in [0.5, 0.6) is 0 Å². The Labute approximate surface area is 154 Å². The van der Waals surface area contributed by atoms with Crippen LogP contribution in [0, 0.1) is 5.82 Å². The first kappa shape index (κ1) is 16.9. The summed E-state index contributed by atoms with van der Waals surface area (Å²) < 4.78 is 18.9. The van der Waals surface area contributed by atoms with Crippen LogP contribution in [0.3, 0.4) is 0 Å². The zero-order valence-corrected chi connectivity index (χ0v) is 14.9. The van der Waals surface area contributed by atoms with Crippen molar-refractivity contribution in [2.75, 3.05) is 0 Å². The smallest absolute Gasteiger partial charge is 0.257 e. The van der Waals surface area contributed by atoms with Gasteiger partial charge < -0.3 is 9.73 Å². The molecule has 0 bridgehead atoms. The molecule has 0 unspecified atom stereocenters. The summed E-state index contributed by atoms with van der Waals surface area (Å²) in [6.07, 6.45) is 3.48. The van der Waals surface area contributed by atoms with Gasteiger partial charge in [-0.3, -0.25) is 4.79 Å². The van der Waals surface area contributed by atoms with E-state index in [1.165, 1.54) is 23.5 Å². The Kier molecular flexibility index (Phi) is 4.55. The van der Waals surface area contributed by atoms with Gasteiger partial charge in [0.1, 0.15) is 5.82 Å². The average molecular weight is 371 g/mol. The van der Waals surface area contributed by atoms with E-state index >= 15 is 0 Å². The van der Waals surface area contributed by atoms with E-state index in [1.54, 1.807) is 12.1 Å². The van der Waals surface area contributed by atoms with Crippen LogP contribution < -0.4 is 5.32 Å². The molecule has 0 radical (unpaired) electrons. The van der Waals surface area contributed by atoms with Crippen molar-refractivity contribution < 1.29 is 13.6 Å². The second-order valence-electron chi connectivity index (χ2n) is 6.46. The van der Waals surface area contributed by atoms with E-state index in [9.17, 15) is 9.18 Å². The molecular formula is C19H18FN3O2S. The Morgan fingerprint density at radius 1 is 1.19 bits per heavy atom. The SMILES string of the molecule is O=C(NCc1nnc(-c2cccs2)o1)C1(c2ccc(F)cc2)CCCC1. The predicted molar refractivity (Wildman–Crippen MR) is 96.0 cm³/mol. The van der Waals surface area contributed by atoms with Gasteiger partial charge in [0.2, 0.25) is 11.8 Å². The molecular weight excluding hydrogens is 353 g/mol. The van der Waals surface area contributed by atoms with E-state index in [0.29, 0.717) is 11.8 Å². The van der Waals surface area contributed by atoms with E-state index < -0.39 is 5.41 Å². The Balaban J connectivity index is 1.48. The third-order valence-corrected chi connectivity index (χ3v) is 5.75. The molecule has 0 spiro atoms. The van der Waals surface area contributed by atoms with Crippen molar-refractivity contribution in [2.24, 2.45) is 0 Å². The van der Waals surface area contributed by atoms with E-state index in [4.69, 9.17) is 4.42 Å². The van der Waals surface area contributed by atoms with Crippen molar-refractivity contribution in [1.82, 2.24) is 15.5 Å². The Hall–Kier alpha value is -2.54. The maximum atomic E-state index is 13.3. The number of carbonyl (C=O) groups is 1. The number of hydrogen-bond donors (Lipinski definition) is 1. The fourth-order valence-electron chi connectivity index (χ4n) is 3.54. The second kappa shape index (κ2) is 6.99. The molecule has 3 aromatic rings. The zero-order chi connectivity index (χ0) is 18.0. The number of rotatable bonds is 5. The van der Waals surface area contributed by atoms with Gasteiger partial charge in [-0.25, -0.2) is 4.39 Å². The number of nitrogens with one attached hydrogen (secondary N) is 1. The van der Waals surface area contributed by atoms with E-state index in [0.717, 1.165) is 36.1 Å². The number of hydrogen-bond acceptors (Lipinski definition) is 5. The fraction of sp³-hybridized carbons (Fsp3) is 0.316. The molecule has 2 aromatic heterocycles. The van der Waals surface area contributed by atoms with Crippen LogP contribution in [0.25, 0.3) is 10.8 Å². The minimum atomic E-state index is -0.607. The molecule has 4 rings (SSSR count). The zero-order valence-electron chi connectivity index (χ0n) is 14.1. The molecule has 7 heteroatoms. The van der Waals surface area contributed by atoms with Crippen LogP contribution in [-0.2, 0) is 16.8 Å². The highest BCUT2D eigenvalue weighted by Crippen LogP contribution is 2.41. The lowest BCUT2D eigenvalue weighted by Gasteiger charge is -2.28. The van der Waals surface area contributed by atoms with Gasteiger partial charge in [-0.05, 0) is 42.0 Å². The number of amides is 1. The van der Waals surface area contributed by atoms with Gasteiger partial charge in [-0.15, -0.1) is 21.5 Å². The quantitative estimate of drug-likeness (QED) is 0.734. The first-order chi connectivity index (χ1) is 12.7.